The van der Waals surface area contributed by atoms with Crippen molar-refractivity contribution in [1.82, 2.24) is 14.7 Å². The first-order valence-corrected chi connectivity index (χ1v) is 6.22. The number of hydrogen-bond acceptors (Lipinski definition) is 4. The molecule has 4 rings (SSSR count). The Morgan fingerprint density at radius 2 is 1.69 bits per heavy atom. The molecule has 4 aliphatic rings. The first-order valence-electron chi connectivity index (χ1n) is 6.22. The number of amidine groups is 1. The van der Waals surface area contributed by atoms with Crippen molar-refractivity contribution in [2.75, 3.05) is 59.0 Å². The summed E-state index contributed by atoms with van der Waals surface area (Å²) < 4.78 is 5.34. The normalized spacial score (nSPS) is 38.8. The van der Waals surface area contributed by atoms with Gasteiger partial charge in [-0.05, 0) is 0 Å². The summed E-state index contributed by atoms with van der Waals surface area (Å²) in [4.78, 5) is 7.15. The zero-order valence-electron chi connectivity index (χ0n) is 9.69. The third-order valence-electron chi connectivity index (χ3n) is 3.95. The molecule has 1 atom stereocenters. The maximum atomic E-state index is 8.33. The molecular weight excluding hydrogens is 204 g/mol. The third kappa shape index (κ3) is 1.83. The summed E-state index contributed by atoms with van der Waals surface area (Å²) in [6.07, 6.45) is 0. The lowest BCUT2D eigenvalue weighted by Crippen LogP contribution is -2.65. The van der Waals surface area contributed by atoms with E-state index in [-0.39, 0.29) is 0 Å². The van der Waals surface area contributed by atoms with Crippen LogP contribution in [0.15, 0.2) is 0 Å². The Morgan fingerprint density at radius 1 is 1.00 bits per heavy atom. The standard InChI is InChI=1S/C11H20N4O/c12-11(15-5-7-16-8-6-15)10-9-13-1-3-14(10)4-2-13/h10,12H,1-9H2. The summed E-state index contributed by atoms with van der Waals surface area (Å²) in [6, 6.07) is 0.334. The van der Waals surface area contributed by atoms with Gasteiger partial charge in [-0.3, -0.25) is 15.2 Å². The first kappa shape index (κ1) is 10.5. The minimum Gasteiger partial charge on any atom is -0.378 e. The van der Waals surface area contributed by atoms with Gasteiger partial charge in [0.05, 0.1) is 19.3 Å². The Bertz CT molecular complexity index is 269. The molecular formula is C11H20N4O. The van der Waals surface area contributed by atoms with E-state index in [1.165, 1.54) is 13.1 Å². The van der Waals surface area contributed by atoms with Gasteiger partial charge < -0.3 is 9.64 Å². The van der Waals surface area contributed by atoms with Crippen LogP contribution in [0.5, 0.6) is 0 Å². The van der Waals surface area contributed by atoms with Gasteiger partial charge in [0.2, 0.25) is 0 Å². The highest BCUT2D eigenvalue weighted by Crippen LogP contribution is 2.18. The maximum Gasteiger partial charge on any atom is 0.115 e. The van der Waals surface area contributed by atoms with Crippen molar-refractivity contribution in [1.29, 1.82) is 5.41 Å². The van der Waals surface area contributed by atoms with E-state index in [0.29, 0.717) is 6.04 Å². The van der Waals surface area contributed by atoms with Crippen LogP contribution < -0.4 is 0 Å². The molecule has 4 aliphatic heterocycles. The lowest BCUT2D eigenvalue weighted by atomic mass is 10.1. The molecule has 0 spiro atoms. The van der Waals surface area contributed by atoms with Crippen molar-refractivity contribution >= 4 is 5.84 Å². The quantitative estimate of drug-likeness (QED) is 0.472. The summed E-state index contributed by atoms with van der Waals surface area (Å²) in [5.74, 6) is 0.813. The van der Waals surface area contributed by atoms with Gasteiger partial charge in [0.15, 0.2) is 0 Å². The molecule has 0 radical (unpaired) electrons. The summed E-state index contributed by atoms with van der Waals surface area (Å²) in [7, 11) is 0. The van der Waals surface area contributed by atoms with Gasteiger partial charge in [-0.2, -0.15) is 0 Å². The minimum absolute atomic E-state index is 0.334. The number of nitrogens with one attached hydrogen (secondary N) is 1. The number of hydrogen-bond donors (Lipinski definition) is 1. The van der Waals surface area contributed by atoms with Crippen LogP contribution in [0, 0.1) is 5.41 Å². The van der Waals surface area contributed by atoms with Crippen LogP contribution in [-0.2, 0) is 4.74 Å². The number of nitrogens with zero attached hydrogens (tertiary/aromatic N) is 3. The smallest absolute Gasteiger partial charge is 0.115 e. The Morgan fingerprint density at radius 3 is 2.25 bits per heavy atom. The van der Waals surface area contributed by atoms with E-state index in [1.807, 2.05) is 0 Å². The van der Waals surface area contributed by atoms with Crippen LogP contribution in [0.25, 0.3) is 0 Å². The molecule has 5 heteroatoms. The monoisotopic (exact) mass is 224 g/mol. The molecule has 1 unspecified atom stereocenters. The Kier molecular flexibility index (Phi) is 2.83. The molecule has 0 saturated carbocycles. The summed E-state index contributed by atoms with van der Waals surface area (Å²) in [6.45, 7) is 9.04. The fourth-order valence-corrected chi connectivity index (χ4v) is 2.89. The van der Waals surface area contributed by atoms with E-state index in [4.69, 9.17) is 10.1 Å². The molecule has 4 saturated heterocycles. The number of rotatable bonds is 1. The highest BCUT2D eigenvalue weighted by atomic mass is 16.5. The van der Waals surface area contributed by atoms with Crippen LogP contribution in [0.3, 0.4) is 0 Å². The van der Waals surface area contributed by atoms with Crippen molar-refractivity contribution in [3.05, 3.63) is 0 Å². The fraction of sp³-hybridized carbons (Fsp3) is 0.909. The zero-order chi connectivity index (χ0) is 11.0. The molecule has 2 bridgehead atoms. The summed E-state index contributed by atoms with van der Waals surface area (Å²) >= 11 is 0. The van der Waals surface area contributed by atoms with Crippen molar-refractivity contribution in [3.8, 4) is 0 Å². The van der Waals surface area contributed by atoms with Crippen LogP contribution >= 0.6 is 0 Å². The molecule has 4 fully saturated rings. The highest BCUT2D eigenvalue weighted by Gasteiger charge is 2.36. The van der Waals surface area contributed by atoms with Crippen molar-refractivity contribution in [2.24, 2.45) is 0 Å². The van der Waals surface area contributed by atoms with E-state index in [0.717, 1.165) is 51.8 Å². The topological polar surface area (TPSA) is 42.8 Å². The highest BCUT2D eigenvalue weighted by molar-refractivity contribution is 5.85. The molecule has 0 aliphatic carbocycles. The molecule has 0 aromatic rings. The first-order chi connectivity index (χ1) is 7.84. The average Bonchev–Trinajstić information content (AvgIpc) is 2.40. The molecule has 0 aromatic heterocycles. The minimum atomic E-state index is 0.334. The fourth-order valence-electron chi connectivity index (χ4n) is 2.89. The third-order valence-corrected chi connectivity index (χ3v) is 3.95. The van der Waals surface area contributed by atoms with Crippen LogP contribution in [0.4, 0.5) is 0 Å². The lowest BCUT2D eigenvalue weighted by molar-refractivity contribution is 0.0260. The van der Waals surface area contributed by atoms with E-state index in [2.05, 4.69) is 14.7 Å². The molecule has 4 heterocycles. The van der Waals surface area contributed by atoms with Gasteiger partial charge in [-0.15, -0.1) is 0 Å². The van der Waals surface area contributed by atoms with E-state index in [1.54, 1.807) is 0 Å². The predicted molar refractivity (Wildman–Crippen MR) is 61.9 cm³/mol. The molecule has 0 aromatic carbocycles. The molecule has 0 amide bonds. The van der Waals surface area contributed by atoms with E-state index in [9.17, 15) is 0 Å². The van der Waals surface area contributed by atoms with Gasteiger partial charge in [0.25, 0.3) is 0 Å². The molecule has 90 valence electrons. The Balaban J connectivity index is 1.65. The van der Waals surface area contributed by atoms with Gasteiger partial charge in [-0.25, -0.2) is 0 Å². The van der Waals surface area contributed by atoms with Crippen molar-refractivity contribution < 1.29 is 4.74 Å². The van der Waals surface area contributed by atoms with E-state index >= 15 is 0 Å². The lowest BCUT2D eigenvalue weighted by Gasteiger charge is -2.49. The molecule has 16 heavy (non-hydrogen) atoms. The number of ether oxygens (including phenoxy) is 1. The number of fused-ring (bicyclic) bond motifs is 3. The predicted octanol–water partition coefficient (Wildman–Crippen LogP) is -0.704. The zero-order valence-corrected chi connectivity index (χ0v) is 9.69. The van der Waals surface area contributed by atoms with Crippen LogP contribution in [0.2, 0.25) is 0 Å². The van der Waals surface area contributed by atoms with Gasteiger partial charge in [-0.1, -0.05) is 0 Å². The number of morpholine rings is 1. The van der Waals surface area contributed by atoms with Crippen molar-refractivity contribution in [2.45, 2.75) is 6.04 Å². The van der Waals surface area contributed by atoms with Gasteiger partial charge in [0.1, 0.15) is 5.84 Å². The Labute approximate surface area is 96.4 Å². The molecule has 5 nitrogen and oxygen atoms in total. The van der Waals surface area contributed by atoms with Crippen LogP contribution in [-0.4, -0.2) is 85.6 Å². The SMILES string of the molecule is N=C(C1CN2CCN1CC2)N1CCOCC1. The maximum absolute atomic E-state index is 8.33. The largest absolute Gasteiger partial charge is 0.378 e. The summed E-state index contributed by atoms with van der Waals surface area (Å²) in [5, 5.41) is 8.33. The summed E-state index contributed by atoms with van der Waals surface area (Å²) in [5.41, 5.74) is 0. The second kappa shape index (κ2) is 4.31. The molecule has 1 N–H and O–H groups in total. The average molecular weight is 224 g/mol. The van der Waals surface area contributed by atoms with Gasteiger partial charge >= 0.3 is 0 Å². The van der Waals surface area contributed by atoms with Gasteiger partial charge in [0, 0.05) is 45.8 Å². The Hall–Kier alpha value is -0.650. The van der Waals surface area contributed by atoms with Crippen LogP contribution in [0.1, 0.15) is 0 Å². The second-order valence-electron chi connectivity index (χ2n) is 4.84. The number of piperazine rings is 3. The second-order valence-corrected chi connectivity index (χ2v) is 4.84. The van der Waals surface area contributed by atoms with Crippen molar-refractivity contribution in [3.63, 3.8) is 0 Å². The van der Waals surface area contributed by atoms with E-state index < -0.39 is 0 Å².